The van der Waals surface area contributed by atoms with Crippen LogP contribution < -0.4 is 14.6 Å². The van der Waals surface area contributed by atoms with Crippen molar-refractivity contribution in [2.45, 2.75) is 6.10 Å². The van der Waals surface area contributed by atoms with Crippen molar-refractivity contribution in [1.82, 2.24) is 5.09 Å². The van der Waals surface area contributed by atoms with Crippen LogP contribution in [0.4, 0.5) is 0 Å². The van der Waals surface area contributed by atoms with Crippen LogP contribution >= 0.6 is 6.64 Å². The lowest BCUT2D eigenvalue weighted by Gasteiger charge is -2.17. The Bertz CT molecular complexity index is 482. The van der Waals surface area contributed by atoms with E-state index in [0.29, 0.717) is 18.0 Å². The van der Waals surface area contributed by atoms with Crippen molar-refractivity contribution in [2.24, 2.45) is 0 Å². The van der Waals surface area contributed by atoms with Crippen molar-refractivity contribution in [3.05, 3.63) is 23.8 Å². The monoisotopic (exact) mass is 289 g/mol. The molecule has 0 radical (unpaired) electrons. The highest BCUT2D eigenvalue weighted by atomic mass is 32.5. The summed E-state index contributed by atoms with van der Waals surface area (Å²) in [4.78, 5) is 0. The van der Waals surface area contributed by atoms with Crippen LogP contribution in [0.2, 0.25) is 0 Å². The first kappa shape index (κ1) is 13.8. The molecule has 1 saturated heterocycles. The highest BCUT2D eigenvalue weighted by molar-refractivity contribution is 8.09. The fourth-order valence-electron chi connectivity index (χ4n) is 1.88. The van der Waals surface area contributed by atoms with Crippen LogP contribution in [0.1, 0.15) is 11.7 Å². The van der Waals surface area contributed by atoms with Gasteiger partial charge in [0, 0.05) is 19.2 Å². The molecule has 7 heteroatoms. The largest absolute Gasteiger partial charge is 0.493 e. The van der Waals surface area contributed by atoms with Crippen molar-refractivity contribution < 1.29 is 18.5 Å². The Morgan fingerprint density at radius 3 is 2.67 bits per heavy atom. The maximum atomic E-state index is 5.78. The second-order valence-corrected chi connectivity index (χ2v) is 7.05. The van der Waals surface area contributed by atoms with E-state index in [1.807, 2.05) is 18.2 Å². The number of hydrogen-bond donors (Lipinski definition) is 1. The maximum Gasteiger partial charge on any atom is 0.261 e. The zero-order chi connectivity index (χ0) is 13.2. The molecule has 1 aromatic rings. The number of methoxy groups -OCH3 is 2. The highest BCUT2D eigenvalue weighted by Gasteiger charge is 2.34. The summed E-state index contributed by atoms with van der Waals surface area (Å²) in [5.41, 5.74) is 0.910. The lowest BCUT2D eigenvalue weighted by Crippen LogP contribution is -2.08. The smallest absolute Gasteiger partial charge is 0.261 e. The van der Waals surface area contributed by atoms with E-state index in [1.54, 1.807) is 21.3 Å². The Labute approximate surface area is 112 Å². The molecule has 1 N–H and O–H groups in total. The number of para-hydroxylation sites is 1. The molecule has 0 aliphatic carbocycles. The van der Waals surface area contributed by atoms with Gasteiger partial charge in [0.1, 0.15) is 6.10 Å². The Balaban J connectivity index is 2.32. The summed E-state index contributed by atoms with van der Waals surface area (Å²) in [7, 11) is 4.77. The molecule has 18 heavy (non-hydrogen) atoms. The Morgan fingerprint density at radius 2 is 2.11 bits per heavy atom. The summed E-state index contributed by atoms with van der Waals surface area (Å²) in [5, 5.41) is 3.11. The number of rotatable bonds is 4. The molecule has 1 heterocycles. The molecule has 0 saturated carbocycles. The van der Waals surface area contributed by atoms with E-state index in [-0.39, 0.29) is 6.10 Å². The molecular formula is C11H16NO4PS. The van der Waals surface area contributed by atoms with E-state index >= 15 is 0 Å². The second-order valence-electron chi connectivity index (χ2n) is 3.72. The summed E-state index contributed by atoms with van der Waals surface area (Å²) in [6, 6.07) is 5.68. The third-order valence-corrected chi connectivity index (χ3v) is 5.43. The molecule has 2 rings (SSSR count). The molecule has 5 nitrogen and oxygen atoms in total. The van der Waals surface area contributed by atoms with Gasteiger partial charge in [-0.2, -0.15) is 0 Å². The fourth-order valence-corrected chi connectivity index (χ4v) is 3.61. The van der Waals surface area contributed by atoms with E-state index < -0.39 is 6.64 Å². The zero-order valence-electron chi connectivity index (χ0n) is 10.5. The minimum atomic E-state index is -2.34. The van der Waals surface area contributed by atoms with Crippen molar-refractivity contribution in [3.63, 3.8) is 0 Å². The molecular weight excluding hydrogens is 273 g/mol. The summed E-state index contributed by atoms with van der Waals surface area (Å²) in [6.07, 6.45) is -0.180. The van der Waals surface area contributed by atoms with Crippen molar-refractivity contribution >= 4 is 18.4 Å². The first-order valence-corrected chi connectivity index (χ1v) is 8.07. The van der Waals surface area contributed by atoms with E-state index in [4.69, 9.17) is 30.3 Å². The molecule has 0 spiro atoms. The number of benzene rings is 1. The van der Waals surface area contributed by atoms with Crippen LogP contribution in [0.25, 0.3) is 0 Å². The van der Waals surface area contributed by atoms with E-state index in [9.17, 15) is 0 Å². The fraction of sp³-hybridized carbons (Fsp3) is 0.455. The zero-order valence-corrected chi connectivity index (χ0v) is 12.2. The number of ether oxygens (including phenoxy) is 2. The van der Waals surface area contributed by atoms with Gasteiger partial charge in [-0.3, -0.25) is 0 Å². The topological polar surface area (TPSA) is 49.0 Å². The van der Waals surface area contributed by atoms with Crippen molar-refractivity contribution in [3.8, 4) is 11.5 Å². The second kappa shape index (κ2) is 5.55. The van der Waals surface area contributed by atoms with Crippen LogP contribution in [0, 0.1) is 0 Å². The van der Waals surface area contributed by atoms with Crippen molar-refractivity contribution in [2.75, 3.05) is 27.9 Å². The minimum Gasteiger partial charge on any atom is -0.493 e. The van der Waals surface area contributed by atoms with Gasteiger partial charge in [0.2, 0.25) is 0 Å². The summed E-state index contributed by atoms with van der Waals surface area (Å²) >= 11 is 5.27. The van der Waals surface area contributed by atoms with Crippen LogP contribution in [0.3, 0.4) is 0 Å². The molecule has 2 atom stereocenters. The van der Waals surface area contributed by atoms with Crippen LogP contribution in [-0.4, -0.2) is 27.9 Å². The van der Waals surface area contributed by atoms with Gasteiger partial charge in [0.25, 0.3) is 6.64 Å². The van der Waals surface area contributed by atoms with Gasteiger partial charge in [-0.15, -0.1) is 0 Å². The average molecular weight is 289 g/mol. The third kappa shape index (κ3) is 2.53. The first-order chi connectivity index (χ1) is 8.63. The molecule has 1 aliphatic heterocycles. The Morgan fingerprint density at radius 1 is 1.33 bits per heavy atom. The van der Waals surface area contributed by atoms with Gasteiger partial charge < -0.3 is 18.5 Å². The molecule has 1 aromatic carbocycles. The van der Waals surface area contributed by atoms with Gasteiger partial charge >= 0.3 is 0 Å². The van der Waals surface area contributed by atoms with Crippen LogP contribution in [-0.2, 0) is 20.9 Å². The molecule has 1 aliphatic rings. The average Bonchev–Trinajstić information content (AvgIpc) is 2.81. The quantitative estimate of drug-likeness (QED) is 0.858. The normalized spacial score (nSPS) is 27.2. The first-order valence-electron chi connectivity index (χ1n) is 5.43. The van der Waals surface area contributed by atoms with Crippen molar-refractivity contribution in [1.29, 1.82) is 0 Å². The molecule has 0 amide bonds. The Kier molecular flexibility index (Phi) is 4.25. The van der Waals surface area contributed by atoms with Gasteiger partial charge in [-0.1, -0.05) is 12.1 Å². The van der Waals surface area contributed by atoms with Gasteiger partial charge in [0.05, 0.1) is 14.2 Å². The summed E-state index contributed by atoms with van der Waals surface area (Å²) in [6.45, 7) is -1.73. The third-order valence-electron chi connectivity index (χ3n) is 2.76. The van der Waals surface area contributed by atoms with E-state index in [0.717, 1.165) is 5.56 Å². The number of hydrogen-bond acceptors (Lipinski definition) is 5. The maximum absolute atomic E-state index is 5.78. The minimum absolute atomic E-state index is 0.180. The van der Waals surface area contributed by atoms with Gasteiger partial charge in [-0.05, 0) is 17.9 Å². The molecule has 100 valence electrons. The molecule has 0 bridgehead atoms. The molecule has 1 fully saturated rings. The van der Waals surface area contributed by atoms with E-state index in [2.05, 4.69) is 5.09 Å². The Hall–Kier alpha value is -0.650. The number of nitrogens with one attached hydrogen (secondary N) is 1. The predicted molar refractivity (Wildman–Crippen MR) is 72.7 cm³/mol. The summed E-state index contributed by atoms with van der Waals surface area (Å²) in [5.74, 6) is 1.35. The molecule has 0 aromatic heterocycles. The SMILES string of the molecule is COc1cccc(C2CNP(=S)(OC)O2)c1OC. The lowest BCUT2D eigenvalue weighted by atomic mass is 10.1. The molecule has 2 unspecified atom stereocenters. The predicted octanol–water partition coefficient (Wildman–Crippen LogP) is 2.24. The lowest BCUT2D eigenvalue weighted by molar-refractivity contribution is 0.226. The van der Waals surface area contributed by atoms with Gasteiger partial charge in [0.15, 0.2) is 11.5 Å². The van der Waals surface area contributed by atoms with E-state index in [1.165, 1.54) is 0 Å². The van der Waals surface area contributed by atoms with Crippen LogP contribution in [0.5, 0.6) is 11.5 Å². The van der Waals surface area contributed by atoms with Gasteiger partial charge in [-0.25, -0.2) is 5.09 Å². The standard InChI is InChI=1S/C11H16NO4PS/c1-13-9-6-4-5-8(11(9)14-2)10-7-12-17(18,15-3)16-10/h4-6,10H,7H2,1-3H3,(H,12,18). The van der Waals surface area contributed by atoms with Crippen LogP contribution in [0.15, 0.2) is 18.2 Å². The summed E-state index contributed by atoms with van der Waals surface area (Å²) < 4.78 is 21.6. The highest BCUT2D eigenvalue weighted by Crippen LogP contribution is 2.54.